The fraction of sp³-hybridized carbons (Fsp3) is 0.308. The molecule has 0 aliphatic carbocycles. The quantitative estimate of drug-likeness (QED) is 0.458. The van der Waals surface area contributed by atoms with E-state index in [2.05, 4.69) is 5.32 Å². The maximum Gasteiger partial charge on any atom is 0.308 e. The molecule has 1 amide bonds. The molecule has 0 saturated heterocycles. The third-order valence-electron chi connectivity index (χ3n) is 2.23. The first kappa shape index (κ1) is 14.7. The summed E-state index contributed by atoms with van der Waals surface area (Å²) in [6.45, 7) is 1.60. The molecule has 0 aliphatic rings. The summed E-state index contributed by atoms with van der Waals surface area (Å²) in [5.74, 6) is -1.24. The molecule has 19 heavy (non-hydrogen) atoms. The highest BCUT2D eigenvalue weighted by molar-refractivity contribution is 5.94. The lowest BCUT2D eigenvalue weighted by Gasteiger charge is -2.05. The molecule has 1 aromatic rings. The standard InChI is InChI=1S/C13H15NO5/c1-9(15)19-11-6-4-10(5-7-11)13(18)14-8-2-3-12(16)17/h4-7H,2-3,8H2,1H3,(H,14,18)(H,16,17). The topological polar surface area (TPSA) is 92.7 Å². The van der Waals surface area contributed by atoms with Crippen LogP contribution in [0.15, 0.2) is 24.3 Å². The SMILES string of the molecule is CC(=O)Oc1ccc(C(=O)NCCCC(=O)O)cc1. The maximum absolute atomic E-state index is 11.7. The number of carboxylic acid groups (broad SMARTS) is 1. The van der Waals surface area contributed by atoms with Crippen LogP contribution in [0, 0.1) is 0 Å². The molecule has 0 atom stereocenters. The highest BCUT2D eigenvalue weighted by atomic mass is 16.5. The summed E-state index contributed by atoms with van der Waals surface area (Å²) in [5.41, 5.74) is 0.422. The number of carbonyl (C=O) groups excluding carboxylic acids is 2. The molecule has 0 radical (unpaired) electrons. The van der Waals surface area contributed by atoms with Crippen LogP contribution in [-0.2, 0) is 9.59 Å². The molecule has 0 heterocycles. The molecule has 0 saturated carbocycles. The predicted octanol–water partition coefficient (Wildman–Crippen LogP) is 1.21. The lowest BCUT2D eigenvalue weighted by Crippen LogP contribution is -2.24. The summed E-state index contributed by atoms with van der Waals surface area (Å²) < 4.78 is 4.84. The third-order valence-corrected chi connectivity index (χ3v) is 2.23. The predicted molar refractivity (Wildman–Crippen MR) is 67.0 cm³/mol. The lowest BCUT2D eigenvalue weighted by molar-refractivity contribution is -0.137. The number of hydrogen-bond donors (Lipinski definition) is 2. The van der Waals surface area contributed by atoms with Crippen molar-refractivity contribution in [2.24, 2.45) is 0 Å². The summed E-state index contributed by atoms with van der Waals surface area (Å²) >= 11 is 0. The Morgan fingerprint density at radius 2 is 1.84 bits per heavy atom. The highest BCUT2D eigenvalue weighted by Crippen LogP contribution is 2.12. The Balaban J connectivity index is 2.44. The number of ether oxygens (including phenoxy) is 1. The van der Waals surface area contributed by atoms with Crippen LogP contribution in [0.4, 0.5) is 0 Å². The van der Waals surface area contributed by atoms with Crippen molar-refractivity contribution in [1.29, 1.82) is 0 Å². The largest absolute Gasteiger partial charge is 0.481 e. The van der Waals surface area contributed by atoms with Crippen molar-refractivity contribution in [2.75, 3.05) is 6.54 Å². The Hall–Kier alpha value is -2.37. The van der Waals surface area contributed by atoms with Gasteiger partial charge < -0.3 is 15.2 Å². The van der Waals surface area contributed by atoms with Crippen molar-refractivity contribution in [3.05, 3.63) is 29.8 Å². The average molecular weight is 265 g/mol. The van der Waals surface area contributed by atoms with Gasteiger partial charge in [0.25, 0.3) is 5.91 Å². The van der Waals surface area contributed by atoms with Crippen LogP contribution in [0.5, 0.6) is 5.75 Å². The Morgan fingerprint density at radius 1 is 1.21 bits per heavy atom. The van der Waals surface area contributed by atoms with E-state index in [1.54, 1.807) is 0 Å². The maximum atomic E-state index is 11.7. The summed E-state index contributed by atoms with van der Waals surface area (Å²) in [6, 6.07) is 6.11. The van der Waals surface area contributed by atoms with Gasteiger partial charge in [-0.25, -0.2) is 0 Å². The van der Waals surface area contributed by atoms with Gasteiger partial charge >= 0.3 is 11.9 Å². The first-order valence-corrected chi connectivity index (χ1v) is 5.77. The van der Waals surface area contributed by atoms with E-state index in [0.717, 1.165) is 0 Å². The molecule has 0 aromatic heterocycles. The van der Waals surface area contributed by atoms with Crippen molar-refractivity contribution in [2.45, 2.75) is 19.8 Å². The molecule has 0 unspecified atom stereocenters. The number of hydrogen-bond acceptors (Lipinski definition) is 4. The lowest BCUT2D eigenvalue weighted by atomic mass is 10.2. The molecular formula is C13H15NO5. The molecule has 1 rings (SSSR count). The molecule has 6 nitrogen and oxygen atoms in total. The molecule has 6 heteroatoms. The van der Waals surface area contributed by atoms with E-state index in [-0.39, 0.29) is 12.3 Å². The zero-order valence-corrected chi connectivity index (χ0v) is 10.5. The van der Waals surface area contributed by atoms with E-state index in [4.69, 9.17) is 9.84 Å². The monoisotopic (exact) mass is 265 g/mol. The van der Waals surface area contributed by atoms with Gasteiger partial charge in [0.05, 0.1) is 0 Å². The van der Waals surface area contributed by atoms with E-state index < -0.39 is 11.9 Å². The highest BCUT2D eigenvalue weighted by Gasteiger charge is 2.06. The second-order valence-corrected chi connectivity index (χ2v) is 3.87. The van der Waals surface area contributed by atoms with Gasteiger partial charge in [-0.15, -0.1) is 0 Å². The van der Waals surface area contributed by atoms with Gasteiger partial charge in [-0.1, -0.05) is 0 Å². The Kier molecular flexibility index (Phi) is 5.53. The Labute approximate surface area is 110 Å². The smallest absolute Gasteiger partial charge is 0.308 e. The van der Waals surface area contributed by atoms with Gasteiger partial charge in [0.2, 0.25) is 0 Å². The molecule has 0 spiro atoms. The van der Waals surface area contributed by atoms with Crippen molar-refractivity contribution >= 4 is 17.8 Å². The van der Waals surface area contributed by atoms with Crippen LogP contribution < -0.4 is 10.1 Å². The summed E-state index contributed by atoms with van der Waals surface area (Å²) in [7, 11) is 0. The van der Waals surface area contributed by atoms with E-state index >= 15 is 0 Å². The minimum Gasteiger partial charge on any atom is -0.481 e. The molecule has 0 aliphatic heterocycles. The molecule has 0 bridgehead atoms. The first-order chi connectivity index (χ1) is 8.99. The Morgan fingerprint density at radius 3 is 2.37 bits per heavy atom. The number of benzene rings is 1. The van der Waals surface area contributed by atoms with Crippen LogP contribution in [0.25, 0.3) is 0 Å². The minimum atomic E-state index is -0.889. The van der Waals surface area contributed by atoms with Gasteiger partial charge in [0.15, 0.2) is 0 Å². The summed E-state index contributed by atoms with van der Waals surface area (Å²) in [5, 5.41) is 11.0. The Bertz CT molecular complexity index is 466. The zero-order chi connectivity index (χ0) is 14.3. The van der Waals surface area contributed by atoms with Crippen LogP contribution in [0.2, 0.25) is 0 Å². The van der Waals surface area contributed by atoms with Crippen LogP contribution in [-0.4, -0.2) is 29.5 Å². The van der Waals surface area contributed by atoms with E-state index in [0.29, 0.717) is 24.3 Å². The second-order valence-electron chi connectivity index (χ2n) is 3.87. The third kappa shape index (κ3) is 5.67. The summed E-state index contributed by atoms with van der Waals surface area (Å²) in [6.07, 6.45) is 0.401. The number of nitrogens with one attached hydrogen (secondary N) is 1. The van der Waals surface area contributed by atoms with Crippen LogP contribution in [0.3, 0.4) is 0 Å². The molecule has 102 valence electrons. The van der Waals surface area contributed by atoms with Gasteiger partial charge in [0, 0.05) is 25.5 Å². The van der Waals surface area contributed by atoms with Crippen molar-refractivity contribution in [1.82, 2.24) is 5.32 Å². The van der Waals surface area contributed by atoms with Gasteiger partial charge in [0.1, 0.15) is 5.75 Å². The number of aliphatic carboxylic acids is 1. The fourth-order valence-corrected chi connectivity index (χ4v) is 1.38. The minimum absolute atomic E-state index is 0.0195. The zero-order valence-electron chi connectivity index (χ0n) is 10.5. The number of amides is 1. The molecule has 1 aromatic carbocycles. The molecular weight excluding hydrogens is 250 g/mol. The van der Waals surface area contributed by atoms with Crippen molar-refractivity contribution in [3.63, 3.8) is 0 Å². The number of carbonyl (C=O) groups is 3. The van der Waals surface area contributed by atoms with Gasteiger partial charge in [-0.05, 0) is 30.7 Å². The van der Waals surface area contributed by atoms with E-state index in [1.165, 1.54) is 31.2 Å². The first-order valence-electron chi connectivity index (χ1n) is 5.77. The summed E-state index contributed by atoms with van der Waals surface area (Å²) in [4.78, 5) is 32.7. The number of rotatable bonds is 6. The fourth-order valence-electron chi connectivity index (χ4n) is 1.38. The molecule has 0 fully saturated rings. The van der Waals surface area contributed by atoms with Crippen LogP contribution >= 0.6 is 0 Å². The second kappa shape index (κ2) is 7.15. The number of esters is 1. The van der Waals surface area contributed by atoms with Crippen molar-refractivity contribution < 1.29 is 24.2 Å². The number of carboxylic acids is 1. The van der Waals surface area contributed by atoms with E-state index in [9.17, 15) is 14.4 Å². The average Bonchev–Trinajstić information content (AvgIpc) is 2.34. The van der Waals surface area contributed by atoms with Crippen LogP contribution in [0.1, 0.15) is 30.1 Å². The van der Waals surface area contributed by atoms with Crippen molar-refractivity contribution in [3.8, 4) is 5.75 Å². The van der Waals surface area contributed by atoms with E-state index in [1.807, 2.05) is 0 Å². The van der Waals surface area contributed by atoms with Gasteiger partial charge in [-0.3, -0.25) is 14.4 Å². The molecule has 2 N–H and O–H groups in total. The normalized spacial score (nSPS) is 9.74. The van der Waals surface area contributed by atoms with Gasteiger partial charge in [-0.2, -0.15) is 0 Å².